The Bertz CT molecular complexity index is 1410. The minimum atomic E-state index is -0.793. The Morgan fingerprint density at radius 2 is 1.87 bits per heavy atom. The SMILES string of the molecule is CCCN(N)/C=C(\N)CCC(c1ccc(C)c(Cn2ccnc2CN2CCC(CC)CC2)c1)C(C)(C)C(=O)OCc1ccccc1. The van der Waals surface area contributed by atoms with Crippen LogP contribution in [0.1, 0.15) is 100 Å². The smallest absolute Gasteiger partial charge is 0.312 e. The predicted molar refractivity (Wildman–Crippen MR) is 186 cm³/mol. The van der Waals surface area contributed by atoms with Crippen molar-refractivity contribution in [3.8, 4) is 0 Å². The summed E-state index contributed by atoms with van der Waals surface area (Å²) in [4.78, 5) is 21.0. The van der Waals surface area contributed by atoms with E-state index in [4.69, 9.17) is 21.3 Å². The van der Waals surface area contributed by atoms with Gasteiger partial charge in [-0.15, -0.1) is 0 Å². The number of likely N-dealkylation sites (tertiary alicyclic amines) is 1. The van der Waals surface area contributed by atoms with Gasteiger partial charge < -0.3 is 20.0 Å². The lowest BCUT2D eigenvalue weighted by molar-refractivity contribution is -0.156. The number of piperidine rings is 1. The molecule has 3 aromatic rings. The number of carbonyl (C=O) groups is 1. The Morgan fingerprint density at radius 1 is 1.13 bits per heavy atom. The molecule has 0 radical (unpaired) electrons. The normalized spacial score (nSPS) is 15.6. The van der Waals surface area contributed by atoms with Gasteiger partial charge in [-0.1, -0.05) is 68.8 Å². The molecule has 0 saturated carbocycles. The van der Waals surface area contributed by atoms with Crippen molar-refractivity contribution in [1.29, 1.82) is 0 Å². The zero-order valence-electron chi connectivity index (χ0n) is 28.8. The number of hydrogen-bond donors (Lipinski definition) is 2. The summed E-state index contributed by atoms with van der Waals surface area (Å²) < 4.78 is 8.18. The van der Waals surface area contributed by atoms with Crippen LogP contribution in [-0.4, -0.2) is 45.1 Å². The summed E-state index contributed by atoms with van der Waals surface area (Å²) in [5.41, 5.74) is 10.9. The van der Waals surface area contributed by atoms with Gasteiger partial charge >= 0.3 is 5.97 Å². The molecule has 4 rings (SSSR count). The lowest BCUT2D eigenvalue weighted by Gasteiger charge is -2.33. The first-order chi connectivity index (χ1) is 22.1. The maximum absolute atomic E-state index is 13.7. The Labute approximate surface area is 276 Å². The van der Waals surface area contributed by atoms with Crippen LogP contribution >= 0.6 is 0 Å². The van der Waals surface area contributed by atoms with E-state index in [1.54, 1.807) is 5.01 Å². The van der Waals surface area contributed by atoms with Gasteiger partial charge in [0.05, 0.1) is 12.0 Å². The minimum Gasteiger partial charge on any atom is -0.460 e. The molecule has 2 heterocycles. The summed E-state index contributed by atoms with van der Waals surface area (Å²) in [6, 6.07) is 16.4. The van der Waals surface area contributed by atoms with Crippen molar-refractivity contribution in [2.45, 2.75) is 98.8 Å². The average Bonchev–Trinajstić information content (AvgIpc) is 3.48. The quantitative estimate of drug-likeness (QED) is 0.101. The maximum atomic E-state index is 13.7. The first-order valence-corrected chi connectivity index (χ1v) is 17.1. The number of benzene rings is 2. The number of imidazole rings is 1. The van der Waals surface area contributed by atoms with Gasteiger partial charge in [-0.3, -0.25) is 9.69 Å². The highest BCUT2D eigenvalue weighted by atomic mass is 16.5. The number of nitrogens with zero attached hydrogens (tertiary/aromatic N) is 4. The summed E-state index contributed by atoms with van der Waals surface area (Å²) in [5.74, 6) is 7.71. The number of nitrogens with two attached hydrogens (primary N) is 2. The number of aryl methyl sites for hydroxylation is 1. The molecule has 1 unspecified atom stereocenters. The number of rotatable bonds is 16. The Morgan fingerprint density at radius 3 is 2.57 bits per heavy atom. The molecular weight excluding hydrogens is 572 g/mol. The van der Waals surface area contributed by atoms with Gasteiger partial charge in [0, 0.05) is 37.4 Å². The fourth-order valence-corrected chi connectivity index (χ4v) is 6.56. The summed E-state index contributed by atoms with van der Waals surface area (Å²) in [6.07, 6.45) is 11.9. The Balaban J connectivity index is 1.56. The number of esters is 1. The van der Waals surface area contributed by atoms with Crippen LogP contribution in [0.2, 0.25) is 0 Å². The number of allylic oxidation sites excluding steroid dienone is 1. The molecule has 0 spiro atoms. The molecule has 250 valence electrons. The van der Waals surface area contributed by atoms with E-state index in [0.29, 0.717) is 18.5 Å². The molecule has 1 aromatic heterocycles. The topological polar surface area (TPSA) is 103 Å². The zero-order valence-corrected chi connectivity index (χ0v) is 28.8. The molecule has 0 bridgehead atoms. The first-order valence-electron chi connectivity index (χ1n) is 17.1. The monoisotopic (exact) mass is 628 g/mol. The number of hydrazine groups is 1. The van der Waals surface area contributed by atoms with Crippen molar-refractivity contribution in [1.82, 2.24) is 19.5 Å². The van der Waals surface area contributed by atoms with Gasteiger partial charge in [0.15, 0.2) is 0 Å². The van der Waals surface area contributed by atoms with Gasteiger partial charge in [-0.05, 0) is 100 Å². The van der Waals surface area contributed by atoms with Gasteiger partial charge in [0.2, 0.25) is 0 Å². The van der Waals surface area contributed by atoms with Gasteiger partial charge in [-0.25, -0.2) is 10.8 Å². The fraction of sp³-hybridized carbons (Fsp3) is 0.526. The third-order valence-electron chi connectivity index (χ3n) is 9.71. The molecule has 2 aromatic carbocycles. The molecule has 1 aliphatic heterocycles. The third kappa shape index (κ3) is 9.69. The van der Waals surface area contributed by atoms with Gasteiger partial charge in [0.1, 0.15) is 12.4 Å². The lowest BCUT2D eigenvalue weighted by atomic mass is 9.72. The van der Waals surface area contributed by atoms with E-state index in [2.05, 4.69) is 54.6 Å². The Kier molecular flexibility index (Phi) is 12.9. The molecule has 1 atom stereocenters. The highest BCUT2D eigenvalue weighted by Gasteiger charge is 2.39. The van der Waals surface area contributed by atoms with Gasteiger partial charge in [-0.2, -0.15) is 0 Å². The molecule has 4 N–H and O–H groups in total. The van der Waals surface area contributed by atoms with Crippen LogP contribution in [0.25, 0.3) is 0 Å². The van der Waals surface area contributed by atoms with Crippen molar-refractivity contribution >= 4 is 5.97 Å². The number of ether oxygens (including phenoxy) is 1. The third-order valence-corrected chi connectivity index (χ3v) is 9.71. The highest BCUT2D eigenvalue weighted by molar-refractivity contribution is 5.77. The van der Waals surface area contributed by atoms with Crippen molar-refractivity contribution in [2.24, 2.45) is 22.9 Å². The molecule has 1 aliphatic rings. The molecular formula is C38H56N6O2. The maximum Gasteiger partial charge on any atom is 0.312 e. The number of aromatic nitrogens is 2. The molecule has 46 heavy (non-hydrogen) atoms. The molecule has 8 heteroatoms. The van der Waals surface area contributed by atoms with Gasteiger partial charge in [0.25, 0.3) is 0 Å². The number of carbonyl (C=O) groups excluding carboxylic acids is 1. The van der Waals surface area contributed by atoms with Crippen LogP contribution in [0, 0.1) is 18.3 Å². The first kappa shape index (κ1) is 35.2. The van der Waals surface area contributed by atoms with Crippen LogP contribution in [0.15, 0.2) is 72.8 Å². The second-order valence-corrected chi connectivity index (χ2v) is 13.6. The minimum absolute atomic E-state index is 0.124. The summed E-state index contributed by atoms with van der Waals surface area (Å²) in [7, 11) is 0. The summed E-state index contributed by atoms with van der Waals surface area (Å²) >= 11 is 0. The standard InChI is InChI=1S/C38H56N6O2/c1-6-20-44(40)26-34(39)15-16-35(38(4,5)37(45)46-28-31-11-9-8-10-12-31)32-14-13-29(3)33(24-32)25-43-23-19-41-36(43)27-42-21-17-30(7-2)18-22-42/h8-14,19,23-24,26,30,35H,6-7,15-18,20-22,25,27-28,39-40H2,1-5H3/b34-26-. The highest BCUT2D eigenvalue weighted by Crippen LogP contribution is 2.41. The Hall–Kier alpha value is -3.62. The van der Waals surface area contributed by atoms with E-state index >= 15 is 0 Å². The predicted octanol–water partition coefficient (Wildman–Crippen LogP) is 6.88. The van der Waals surface area contributed by atoms with Crippen LogP contribution in [0.4, 0.5) is 0 Å². The van der Waals surface area contributed by atoms with E-state index in [9.17, 15) is 4.79 Å². The van der Waals surface area contributed by atoms with Crippen molar-refractivity contribution < 1.29 is 9.53 Å². The van der Waals surface area contributed by atoms with Crippen molar-refractivity contribution in [2.75, 3.05) is 19.6 Å². The van der Waals surface area contributed by atoms with Crippen LogP contribution in [0.5, 0.6) is 0 Å². The molecule has 0 amide bonds. The summed E-state index contributed by atoms with van der Waals surface area (Å²) in [5, 5.41) is 1.64. The van der Waals surface area contributed by atoms with E-state index in [0.717, 1.165) is 62.0 Å². The van der Waals surface area contributed by atoms with Crippen LogP contribution < -0.4 is 11.6 Å². The second-order valence-electron chi connectivity index (χ2n) is 13.6. The van der Waals surface area contributed by atoms with E-state index in [-0.39, 0.29) is 18.5 Å². The van der Waals surface area contributed by atoms with Crippen molar-refractivity contribution in [3.05, 3.63) is 101 Å². The zero-order chi connectivity index (χ0) is 33.1. The van der Waals surface area contributed by atoms with E-state index in [1.807, 2.05) is 56.6 Å². The second kappa shape index (κ2) is 16.8. The lowest BCUT2D eigenvalue weighted by Crippen LogP contribution is -2.34. The molecule has 8 nitrogen and oxygen atoms in total. The van der Waals surface area contributed by atoms with Crippen LogP contribution in [-0.2, 0) is 29.2 Å². The largest absolute Gasteiger partial charge is 0.460 e. The number of hydrogen-bond acceptors (Lipinski definition) is 7. The average molecular weight is 629 g/mol. The molecule has 0 aliphatic carbocycles. The summed E-state index contributed by atoms with van der Waals surface area (Å²) in [6.45, 7) is 15.4. The van der Waals surface area contributed by atoms with Crippen LogP contribution in [0.3, 0.4) is 0 Å². The molecule has 1 saturated heterocycles. The van der Waals surface area contributed by atoms with E-state index < -0.39 is 5.41 Å². The molecule has 1 fully saturated rings. The fourth-order valence-electron chi connectivity index (χ4n) is 6.56. The van der Waals surface area contributed by atoms with E-state index in [1.165, 1.54) is 30.4 Å². The van der Waals surface area contributed by atoms with Crippen molar-refractivity contribution in [3.63, 3.8) is 0 Å².